The third kappa shape index (κ3) is 5.72. The molecule has 0 amide bonds. The van der Waals surface area contributed by atoms with Crippen molar-refractivity contribution in [2.24, 2.45) is 0 Å². The van der Waals surface area contributed by atoms with Crippen molar-refractivity contribution in [1.82, 2.24) is 0 Å². The third-order valence-electron chi connectivity index (χ3n) is 3.28. The summed E-state index contributed by atoms with van der Waals surface area (Å²) < 4.78 is 19.0. The maximum atomic E-state index is 13.9. The van der Waals surface area contributed by atoms with Gasteiger partial charge in [0.2, 0.25) is 0 Å². The van der Waals surface area contributed by atoms with Gasteiger partial charge in [-0.15, -0.1) is 0 Å². The van der Waals surface area contributed by atoms with Crippen molar-refractivity contribution < 1.29 is 13.9 Å². The molecule has 20 heavy (non-hydrogen) atoms. The summed E-state index contributed by atoms with van der Waals surface area (Å²) in [5, 5.41) is 0. The van der Waals surface area contributed by atoms with Gasteiger partial charge >= 0.3 is 5.97 Å². The fourth-order valence-corrected chi connectivity index (χ4v) is 1.60. The van der Waals surface area contributed by atoms with E-state index >= 15 is 0 Å². The van der Waals surface area contributed by atoms with Crippen molar-refractivity contribution in [3.8, 4) is 0 Å². The molecule has 0 heterocycles. The van der Waals surface area contributed by atoms with Crippen LogP contribution in [0.1, 0.15) is 54.4 Å². The summed E-state index contributed by atoms with van der Waals surface area (Å²) in [5.41, 5.74) is 1.08. The Morgan fingerprint density at radius 1 is 1.30 bits per heavy atom. The van der Waals surface area contributed by atoms with Crippen molar-refractivity contribution in [3.05, 3.63) is 34.9 Å². The van der Waals surface area contributed by atoms with Gasteiger partial charge in [0.1, 0.15) is 5.67 Å². The highest BCUT2D eigenvalue weighted by molar-refractivity contribution is 5.93. The van der Waals surface area contributed by atoms with Crippen LogP contribution in [0.25, 0.3) is 0 Å². The molecule has 0 atom stereocenters. The van der Waals surface area contributed by atoms with Gasteiger partial charge in [0, 0.05) is 0 Å². The lowest BCUT2D eigenvalue weighted by atomic mass is 9.94. The molecule has 0 radical (unpaired) electrons. The molecule has 3 heteroatoms. The highest BCUT2D eigenvalue weighted by Crippen LogP contribution is 2.25. The highest BCUT2D eigenvalue weighted by atomic mass is 19.1. The zero-order valence-electron chi connectivity index (χ0n) is 13.6. The highest BCUT2D eigenvalue weighted by Gasteiger charge is 2.21. The Morgan fingerprint density at radius 2 is 1.85 bits per heavy atom. The molecule has 0 N–H and O–H groups in total. The predicted octanol–water partition coefficient (Wildman–Crippen LogP) is 4.92. The minimum absolute atomic E-state index is 0.293. The molecule has 0 aromatic rings. The van der Waals surface area contributed by atoms with Crippen LogP contribution in [0.4, 0.5) is 4.39 Å². The van der Waals surface area contributed by atoms with Crippen LogP contribution in [-0.2, 0) is 9.53 Å². The zero-order valence-corrected chi connectivity index (χ0v) is 13.6. The molecule has 0 spiro atoms. The number of carbonyl (C=O) groups is 1. The Balaban J connectivity index is 5.68. The maximum Gasteiger partial charge on any atom is 0.338 e. The van der Waals surface area contributed by atoms with Crippen molar-refractivity contribution in [2.75, 3.05) is 6.61 Å². The van der Waals surface area contributed by atoms with Crippen molar-refractivity contribution in [3.63, 3.8) is 0 Å². The van der Waals surface area contributed by atoms with Crippen LogP contribution in [0.15, 0.2) is 34.9 Å². The van der Waals surface area contributed by atoms with Crippen LogP contribution in [0.5, 0.6) is 0 Å². The van der Waals surface area contributed by atoms with E-state index in [1.165, 1.54) is 13.8 Å². The molecular weight excluding hydrogens is 255 g/mol. The molecule has 0 aromatic carbocycles. The van der Waals surface area contributed by atoms with Crippen LogP contribution in [-0.4, -0.2) is 18.2 Å². The van der Waals surface area contributed by atoms with Crippen LogP contribution in [0.2, 0.25) is 0 Å². The number of esters is 1. The Morgan fingerprint density at radius 3 is 2.25 bits per heavy atom. The zero-order chi connectivity index (χ0) is 15.9. The van der Waals surface area contributed by atoms with Gasteiger partial charge in [-0.2, -0.15) is 0 Å². The molecule has 0 aromatic heterocycles. The summed E-state index contributed by atoms with van der Waals surface area (Å²) in [6.07, 6.45) is 3.33. The number of hydrogen-bond donors (Lipinski definition) is 0. The summed E-state index contributed by atoms with van der Waals surface area (Å²) in [5.74, 6) is -0.425. The summed E-state index contributed by atoms with van der Waals surface area (Å²) in [6.45, 7) is 14.5. The number of hydrogen-bond acceptors (Lipinski definition) is 2. The van der Waals surface area contributed by atoms with Crippen LogP contribution in [0.3, 0.4) is 0 Å². The van der Waals surface area contributed by atoms with Gasteiger partial charge in [-0.3, -0.25) is 0 Å². The topological polar surface area (TPSA) is 26.3 Å². The Hall–Kier alpha value is -1.38. The van der Waals surface area contributed by atoms with Gasteiger partial charge in [0.15, 0.2) is 0 Å². The smallest absolute Gasteiger partial charge is 0.338 e. The molecule has 0 saturated carbocycles. The summed E-state index contributed by atoms with van der Waals surface area (Å²) in [4.78, 5) is 12.1. The Labute approximate surface area is 122 Å². The number of alkyl halides is 1. The van der Waals surface area contributed by atoms with E-state index in [9.17, 15) is 9.18 Å². The molecule has 0 bridgehead atoms. The summed E-state index contributed by atoms with van der Waals surface area (Å²) >= 11 is 0. The maximum absolute atomic E-state index is 13.9. The van der Waals surface area contributed by atoms with E-state index < -0.39 is 11.6 Å². The van der Waals surface area contributed by atoms with Crippen molar-refractivity contribution in [2.45, 2.75) is 60.1 Å². The van der Waals surface area contributed by atoms with E-state index in [0.29, 0.717) is 17.8 Å². The predicted molar refractivity (Wildman–Crippen MR) is 82.3 cm³/mol. The number of allylic oxidation sites excluding steroid dienone is 3. The van der Waals surface area contributed by atoms with Crippen LogP contribution >= 0.6 is 0 Å². The normalized spacial score (nSPS) is 13.8. The second-order valence-corrected chi connectivity index (χ2v) is 5.41. The number of halogens is 1. The molecule has 0 unspecified atom stereocenters. The van der Waals surface area contributed by atoms with Crippen LogP contribution in [0, 0.1) is 0 Å². The van der Waals surface area contributed by atoms with Gasteiger partial charge in [-0.25, -0.2) is 9.18 Å². The average molecular weight is 282 g/mol. The van der Waals surface area contributed by atoms with Crippen molar-refractivity contribution >= 4 is 5.97 Å². The van der Waals surface area contributed by atoms with Gasteiger partial charge in [0.25, 0.3) is 0 Å². The van der Waals surface area contributed by atoms with Crippen molar-refractivity contribution in [1.29, 1.82) is 0 Å². The quantitative estimate of drug-likeness (QED) is 0.376. The lowest BCUT2D eigenvalue weighted by Gasteiger charge is -2.17. The molecule has 0 fully saturated rings. The second-order valence-electron chi connectivity index (χ2n) is 5.41. The minimum Gasteiger partial charge on any atom is -0.462 e. The first-order chi connectivity index (χ1) is 9.15. The number of rotatable bonds is 7. The van der Waals surface area contributed by atoms with E-state index in [4.69, 9.17) is 4.74 Å². The fraction of sp³-hybridized carbons (Fsp3) is 0.588. The fourth-order valence-electron chi connectivity index (χ4n) is 1.60. The number of ether oxygens (including phenoxy) is 1. The number of carbonyl (C=O) groups excluding carboxylic acids is 1. The summed E-state index contributed by atoms with van der Waals surface area (Å²) in [7, 11) is 0. The van der Waals surface area contributed by atoms with E-state index in [-0.39, 0.29) is 0 Å². The molecular formula is C17H27FO2. The lowest BCUT2D eigenvalue weighted by molar-refractivity contribution is -0.138. The van der Waals surface area contributed by atoms with Gasteiger partial charge in [0.05, 0.1) is 12.2 Å². The standard InChI is InChI=1S/C17H27FO2/c1-8-10-12(3)14(5)15(16(19)20-9-2)11-13(4)17(6,7)18/h11H,3,8-10H2,1-2,4-7H3/b13-11+,15-14-. The minimum atomic E-state index is -1.47. The summed E-state index contributed by atoms with van der Waals surface area (Å²) in [6, 6.07) is 0. The second kappa shape index (κ2) is 8.03. The first kappa shape index (κ1) is 18.6. The molecule has 2 nitrogen and oxygen atoms in total. The van der Waals surface area contributed by atoms with E-state index in [2.05, 4.69) is 6.58 Å². The first-order valence-electron chi connectivity index (χ1n) is 7.08. The van der Waals surface area contributed by atoms with Gasteiger partial charge < -0.3 is 4.74 Å². The molecule has 0 aliphatic heterocycles. The Bertz CT molecular complexity index is 423. The van der Waals surface area contributed by atoms with Crippen LogP contribution < -0.4 is 0 Å². The largest absolute Gasteiger partial charge is 0.462 e. The van der Waals surface area contributed by atoms with Gasteiger partial charge in [-0.1, -0.05) is 25.5 Å². The molecule has 0 rings (SSSR count). The molecule has 114 valence electrons. The molecule has 0 aliphatic carbocycles. The molecule has 0 saturated heterocycles. The Kier molecular flexibility index (Phi) is 7.48. The average Bonchev–Trinajstić information content (AvgIpc) is 2.34. The van der Waals surface area contributed by atoms with Gasteiger partial charge in [-0.05, 0) is 58.3 Å². The SMILES string of the molecule is C=C(CCC)/C(C)=C(/C=C(\C)C(C)(C)F)C(=O)OCC. The van der Waals surface area contributed by atoms with E-state index in [1.807, 2.05) is 13.8 Å². The third-order valence-corrected chi connectivity index (χ3v) is 3.28. The lowest BCUT2D eigenvalue weighted by Crippen LogP contribution is -2.16. The van der Waals surface area contributed by atoms with E-state index in [1.54, 1.807) is 19.9 Å². The first-order valence-corrected chi connectivity index (χ1v) is 7.08. The van der Waals surface area contributed by atoms with E-state index in [0.717, 1.165) is 24.0 Å². The monoisotopic (exact) mass is 282 g/mol. The molecule has 0 aliphatic rings.